The second kappa shape index (κ2) is 9.87. The number of nitrogen functional groups attached to an aromatic ring is 1. The van der Waals surface area contributed by atoms with Crippen LogP contribution in [0.4, 0.5) is 30.4 Å². The number of nitrogens with one attached hydrogen (secondary N) is 2. The van der Waals surface area contributed by atoms with E-state index in [-0.39, 0.29) is 40.0 Å². The number of sulfonamides is 1. The van der Waals surface area contributed by atoms with Gasteiger partial charge >= 0.3 is 6.36 Å². The molecule has 13 heteroatoms. The smallest absolute Gasteiger partial charge is 0.492 e. The number of carbonyl (C=O) groups excluding carboxylic acids is 1. The van der Waals surface area contributed by atoms with Crippen LogP contribution in [0, 0.1) is 0 Å². The van der Waals surface area contributed by atoms with E-state index in [0.717, 1.165) is 12.1 Å². The van der Waals surface area contributed by atoms with Crippen molar-refractivity contribution in [1.29, 1.82) is 0 Å². The quantitative estimate of drug-likeness (QED) is 0.429. The van der Waals surface area contributed by atoms with Crippen LogP contribution in [0.2, 0.25) is 0 Å². The molecule has 3 rings (SSSR count). The Morgan fingerprint density at radius 2 is 1.85 bits per heavy atom. The molecule has 34 heavy (non-hydrogen) atoms. The van der Waals surface area contributed by atoms with E-state index >= 15 is 0 Å². The first-order valence-corrected chi connectivity index (χ1v) is 11.1. The van der Waals surface area contributed by atoms with Gasteiger partial charge in [0.1, 0.15) is 22.2 Å². The largest absolute Gasteiger partial charge is 0.573 e. The number of aromatic nitrogens is 1. The normalized spacial score (nSPS) is 11.5. The summed E-state index contributed by atoms with van der Waals surface area (Å²) in [5.41, 5.74) is 5.81. The van der Waals surface area contributed by atoms with Gasteiger partial charge in [0.2, 0.25) is 0 Å². The molecule has 9 nitrogen and oxygen atoms in total. The van der Waals surface area contributed by atoms with Gasteiger partial charge < -0.3 is 20.5 Å². The van der Waals surface area contributed by atoms with Crippen molar-refractivity contribution >= 4 is 33.1 Å². The Morgan fingerprint density at radius 1 is 1.09 bits per heavy atom. The first-order valence-electron chi connectivity index (χ1n) is 9.65. The van der Waals surface area contributed by atoms with Crippen molar-refractivity contribution in [2.24, 2.45) is 0 Å². The van der Waals surface area contributed by atoms with Crippen LogP contribution in [-0.4, -0.2) is 32.3 Å². The van der Waals surface area contributed by atoms with Crippen molar-refractivity contribution in [3.63, 3.8) is 0 Å². The van der Waals surface area contributed by atoms with E-state index in [4.69, 9.17) is 10.5 Å². The molecule has 2 aromatic carbocycles. The van der Waals surface area contributed by atoms with E-state index in [1.165, 1.54) is 48.7 Å². The number of halogens is 3. The second-order valence-corrected chi connectivity index (χ2v) is 8.35. The number of anilines is 3. The molecule has 0 saturated carbocycles. The van der Waals surface area contributed by atoms with Gasteiger partial charge in [-0.05, 0) is 43.3 Å². The van der Waals surface area contributed by atoms with Crippen LogP contribution in [0.1, 0.15) is 17.3 Å². The third kappa shape index (κ3) is 6.51. The molecule has 0 spiro atoms. The molecule has 0 atom stereocenters. The molecule has 0 unspecified atom stereocenters. The van der Waals surface area contributed by atoms with Gasteiger partial charge in [0.25, 0.3) is 15.9 Å². The lowest BCUT2D eigenvalue weighted by molar-refractivity contribution is -0.274. The summed E-state index contributed by atoms with van der Waals surface area (Å²) in [5.74, 6) is -0.934. The monoisotopic (exact) mass is 496 g/mol. The third-order valence-corrected chi connectivity index (χ3v) is 5.58. The Morgan fingerprint density at radius 3 is 2.50 bits per heavy atom. The summed E-state index contributed by atoms with van der Waals surface area (Å²) in [4.78, 5) is 15.9. The lowest BCUT2D eigenvalue weighted by atomic mass is 10.2. The Balaban J connectivity index is 1.84. The van der Waals surface area contributed by atoms with E-state index in [2.05, 4.69) is 19.8 Å². The highest BCUT2D eigenvalue weighted by atomic mass is 32.2. The number of hydrogen-bond acceptors (Lipinski definition) is 7. The minimum atomic E-state index is -4.93. The molecule has 0 bridgehead atoms. The zero-order valence-electron chi connectivity index (χ0n) is 17.6. The highest BCUT2D eigenvalue weighted by molar-refractivity contribution is 7.92. The second-order valence-electron chi connectivity index (χ2n) is 6.70. The highest BCUT2D eigenvalue weighted by Gasteiger charge is 2.31. The van der Waals surface area contributed by atoms with E-state index in [0.29, 0.717) is 0 Å². The van der Waals surface area contributed by atoms with Crippen molar-refractivity contribution in [3.05, 3.63) is 66.4 Å². The summed E-state index contributed by atoms with van der Waals surface area (Å²) in [6.07, 6.45) is -3.64. The fourth-order valence-electron chi connectivity index (χ4n) is 2.79. The molecule has 0 aliphatic heterocycles. The van der Waals surface area contributed by atoms with Crippen LogP contribution in [0.3, 0.4) is 0 Å². The fraction of sp³-hybridized carbons (Fsp3) is 0.143. The molecular formula is C21H19F3N4O5S. The Labute approximate surface area is 192 Å². The Kier molecular flexibility index (Phi) is 7.15. The maximum absolute atomic E-state index is 12.9. The molecule has 1 heterocycles. The molecule has 1 amide bonds. The third-order valence-electron chi connectivity index (χ3n) is 4.16. The van der Waals surface area contributed by atoms with Crippen molar-refractivity contribution in [2.75, 3.05) is 22.4 Å². The summed E-state index contributed by atoms with van der Waals surface area (Å²) in [7, 11) is -4.28. The summed E-state index contributed by atoms with van der Waals surface area (Å²) < 4.78 is 74.6. The predicted molar refractivity (Wildman–Crippen MR) is 118 cm³/mol. The molecule has 180 valence electrons. The van der Waals surface area contributed by atoms with E-state index in [1.54, 1.807) is 6.92 Å². The number of ether oxygens (including phenoxy) is 2. The average Bonchev–Trinajstić information content (AvgIpc) is 2.73. The lowest BCUT2D eigenvalue weighted by Crippen LogP contribution is -2.18. The SMILES string of the molecule is CCOc1cc(NC(=O)c2ccc(N)nc2)ccc1S(=O)(=O)Nc1cccc(OC(F)(F)F)c1. The molecule has 3 aromatic rings. The van der Waals surface area contributed by atoms with Crippen LogP contribution < -0.4 is 25.2 Å². The van der Waals surface area contributed by atoms with Crippen molar-refractivity contribution in [1.82, 2.24) is 4.98 Å². The lowest BCUT2D eigenvalue weighted by Gasteiger charge is -2.15. The molecule has 0 saturated heterocycles. The maximum Gasteiger partial charge on any atom is 0.573 e. The summed E-state index contributed by atoms with van der Waals surface area (Å²) in [5, 5.41) is 2.60. The van der Waals surface area contributed by atoms with Gasteiger partial charge in [-0.25, -0.2) is 13.4 Å². The number of carbonyl (C=O) groups is 1. The zero-order valence-corrected chi connectivity index (χ0v) is 18.4. The molecule has 0 aliphatic carbocycles. The average molecular weight is 496 g/mol. The number of benzene rings is 2. The maximum atomic E-state index is 12.9. The van der Waals surface area contributed by atoms with Crippen molar-refractivity contribution in [3.8, 4) is 11.5 Å². The van der Waals surface area contributed by atoms with Gasteiger partial charge in [-0.1, -0.05) is 6.07 Å². The number of nitrogens with two attached hydrogens (primary N) is 1. The number of amides is 1. The number of pyridine rings is 1. The van der Waals surface area contributed by atoms with Crippen LogP contribution in [0.15, 0.2) is 65.7 Å². The Bertz CT molecular complexity index is 1280. The first-order chi connectivity index (χ1) is 16.0. The molecule has 0 fully saturated rings. The number of nitrogens with zero attached hydrogens (tertiary/aromatic N) is 1. The summed E-state index contributed by atoms with van der Waals surface area (Å²) >= 11 is 0. The number of alkyl halides is 3. The van der Waals surface area contributed by atoms with E-state index in [1.807, 2.05) is 0 Å². The van der Waals surface area contributed by atoms with Crippen LogP contribution in [-0.2, 0) is 10.0 Å². The van der Waals surface area contributed by atoms with Gasteiger partial charge in [0.15, 0.2) is 0 Å². The first kappa shape index (κ1) is 24.6. The minimum Gasteiger partial charge on any atom is -0.492 e. The summed E-state index contributed by atoms with van der Waals surface area (Å²) in [6.45, 7) is 1.74. The van der Waals surface area contributed by atoms with Gasteiger partial charge in [-0.15, -0.1) is 13.2 Å². The molecular weight excluding hydrogens is 477 g/mol. The Hall–Kier alpha value is -4.00. The molecule has 1 aromatic heterocycles. The fourth-order valence-corrected chi connectivity index (χ4v) is 3.96. The standard InChI is InChI=1S/C21H19F3N4O5S/c1-2-32-17-11-14(27-20(29)13-6-9-19(25)26-12-13)7-8-18(17)34(30,31)28-15-4-3-5-16(10-15)33-21(22,23)24/h3-12,28H,2H2,1H3,(H2,25,26)(H,27,29). The molecule has 4 N–H and O–H groups in total. The van der Waals surface area contributed by atoms with Gasteiger partial charge in [-0.3, -0.25) is 9.52 Å². The minimum absolute atomic E-state index is 0.0778. The number of rotatable bonds is 8. The van der Waals surface area contributed by atoms with Crippen molar-refractivity contribution in [2.45, 2.75) is 18.2 Å². The van der Waals surface area contributed by atoms with Gasteiger partial charge in [0.05, 0.1) is 17.9 Å². The van der Waals surface area contributed by atoms with Crippen LogP contribution in [0.25, 0.3) is 0 Å². The topological polar surface area (TPSA) is 133 Å². The van der Waals surface area contributed by atoms with E-state index in [9.17, 15) is 26.4 Å². The molecule has 0 aliphatic rings. The molecule has 0 radical (unpaired) electrons. The van der Waals surface area contributed by atoms with E-state index < -0.39 is 28.0 Å². The van der Waals surface area contributed by atoms with Gasteiger partial charge in [-0.2, -0.15) is 0 Å². The van der Waals surface area contributed by atoms with Crippen LogP contribution in [0.5, 0.6) is 11.5 Å². The number of hydrogen-bond donors (Lipinski definition) is 3. The highest BCUT2D eigenvalue weighted by Crippen LogP contribution is 2.31. The summed E-state index contributed by atoms with van der Waals surface area (Å²) in [6, 6.07) is 11.2. The zero-order chi connectivity index (χ0) is 24.9. The van der Waals surface area contributed by atoms with Crippen molar-refractivity contribution < 1.29 is 35.9 Å². The predicted octanol–water partition coefficient (Wildman–Crippen LogP) is 4.01. The van der Waals surface area contributed by atoms with Gasteiger partial charge in [0, 0.05) is 24.0 Å². The van der Waals surface area contributed by atoms with Crippen LogP contribution >= 0.6 is 0 Å².